The van der Waals surface area contributed by atoms with Gasteiger partial charge in [0, 0.05) is 29.4 Å². The van der Waals surface area contributed by atoms with Crippen molar-refractivity contribution in [3.63, 3.8) is 0 Å². The normalized spacial score (nSPS) is 22.7. The van der Waals surface area contributed by atoms with E-state index in [1.165, 1.54) is 0 Å². The zero-order valence-electron chi connectivity index (χ0n) is 19.4. The molecule has 9 heteroatoms. The molecule has 34 heavy (non-hydrogen) atoms. The van der Waals surface area contributed by atoms with E-state index in [2.05, 4.69) is 16.0 Å². The number of fused-ring (bicyclic) bond motifs is 3. The number of urea groups is 1. The highest BCUT2D eigenvalue weighted by molar-refractivity contribution is 5.99. The van der Waals surface area contributed by atoms with Crippen LogP contribution >= 0.6 is 0 Å². The Morgan fingerprint density at radius 2 is 1.85 bits per heavy atom. The van der Waals surface area contributed by atoms with Gasteiger partial charge >= 0.3 is 6.03 Å². The minimum atomic E-state index is -0.523. The first-order valence-electron chi connectivity index (χ1n) is 11.6. The lowest BCUT2D eigenvalue weighted by molar-refractivity contribution is -0.142. The average Bonchev–Trinajstić information content (AvgIpc) is 3.20. The third kappa shape index (κ3) is 5.43. The van der Waals surface area contributed by atoms with Crippen molar-refractivity contribution < 1.29 is 28.9 Å². The molecule has 0 aromatic heterocycles. The van der Waals surface area contributed by atoms with Crippen LogP contribution in [0.25, 0.3) is 0 Å². The molecule has 4 rings (SSSR count). The molecule has 4 N–H and O–H groups in total. The molecular weight excluding hydrogens is 438 g/mol. The summed E-state index contributed by atoms with van der Waals surface area (Å²) in [6, 6.07) is 12.2. The fourth-order valence-corrected chi connectivity index (χ4v) is 4.48. The predicted molar refractivity (Wildman–Crippen MR) is 128 cm³/mol. The predicted octanol–water partition coefficient (Wildman–Crippen LogP) is 3.25. The zero-order valence-corrected chi connectivity index (χ0v) is 19.4. The summed E-state index contributed by atoms with van der Waals surface area (Å²) >= 11 is 0. The van der Waals surface area contributed by atoms with Gasteiger partial charge in [0.25, 0.3) is 0 Å². The number of carbonyl (C=O) groups is 2. The lowest BCUT2D eigenvalue weighted by atomic mass is 9.84. The molecule has 2 aromatic rings. The number of methoxy groups -OCH3 is 1. The number of aliphatic hydroxyl groups excluding tert-OH is 1. The Kier molecular flexibility index (Phi) is 7.54. The molecule has 2 aliphatic rings. The lowest BCUT2D eigenvalue weighted by Gasteiger charge is -2.37. The van der Waals surface area contributed by atoms with Crippen LogP contribution in [0.4, 0.5) is 16.2 Å². The Morgan fingerprint density at radius 1 is 1.12 bits per heavy atom. The molecule has 0 spiro atoms. The largest absolute Gasteiger partial charge is 0.497 e. The van der Waals surface area contributed by atoms with Gasteiger partial charge in [0.15, 0.2) is 0 Å². The van der Waals surface area contributed by atoms with Crippen molar-refractivity contribution in [1.82, 2.24) is 5.32 Å². The van der Waals surface area contributed by atoms with Crippen LogP contribution in [-0.4, -0.2) is 55.6 Å². The van der Waals surface area contributed by atoms with E-state index >= 15 is 0 Å². The minimum absolute atomic E-state index is 0.0451. The molecule has 9 nitrogen and oxygen atoms in total. The molecule has 2 aromatic carbocycles. The molecule has 0 radical (unpaired) electrons. The number of ether oxygens (including phenoxy) is 3. The van der Waals surface area contributed by atoms with Crippen LogP contribution in [0.15, 0.2) is 42.5 Å². The Bertz CT molecular complexity index is 1010. The first-order valence-corrected chi connectivity index (χ1v) is 11.6. The van der Waals surface area contributed by atoms with E-state index in [1.54, 1.807) is 37.4 Å². The Balaban J connectivity index is 1.43. The number of nitrogens with one attached hydrogen (secondary N) is 3. The number of carbonyl (C=O) groups excluding carboxylic acids is 2. The molecule has 3 amide bonds. The SMILES string of the molecule is CCCNC(=O)C[C@H]1C[C@H]2c3cc(NC(=O)Nc4ccc(OC)cc4)ccc3O[C@H]2[C@@H](CO)O1. The minimum Gasteiger partial charge on any atom is -0.497 e. The van der Waals surface area contributed by atoms with Crippen molar-refractivity contribution in [2.24, 2.45) is 0 Å². The fourth-order valence-electron chi connectivity index (χ4n) is 4.48. The van der Waals surface area contributed by atoms with Gasteiger partial charge in [0.05, 0.1) is 26.2 Å². The maximum Gasteiger partial charge on any atom is 0.323 e. The quantitative estimate of drug-likeness (QED) is 0.471. The molecule has 182 valence electrons. The third-order valence-corrected chi connectivity index (χ3v) is 6.09. The smallest absolute Gasteiger partial charge is 0.323 e. The number of rotatable bonds is 8. The van der Waals surface area contributed by atoms with Gasteiger partial charge in [-0.25, -0.2) is 4.79 Å². The Hall–Kier alpha value is -3.30. The van der Waals surface area contributed by atoms with E-state index in [4.69, 9.17) is 14.2 Å². The van der Waals surface area contributed by atoms with Crippen molar-refractivity contribution >= 4 is 23.3 Å². The number of benzene rings is 2. The molecule has 1 saturated heterocycles. The summed E-state index contributed by atoms with van der Waals surface area (Å²) in [4.78, 5) is 24.7. The van der Waals surface area contributed by atoms with E-state index in [9.17, 15) is 14.7 Å². The molecule has 2 aliphatic heterocycles. The summed E-state index contributed by atoms with van der Waals surface area (Å²) in [5, 5.41) is 18.4. The fraction of sp³-hybridized carbons (Fsp3) is 0.440. The maximum absolute atomic E-state index is 12.5. The van der Waals surface area contributed by atoms with Crippen LogP contribution in [0.1, 0.15) is 37.7 Å². The molecular formula is C25H31N3O6. The molecule has 0 aliphatic carbocycles. The van der Waals surface area contributed by atoms with Crippen molar-refractivity contribution in [3.8, 4) is 11.5 Å². The first kappa shape index (κ1) is 23.8. The van der Waals surface area contributed by atoms with Gasteiger partial charge in [-0.3, -0.25) is 4.79 Å². The second-order valence-electron chi connectivity index (χ2n) is 8.52. The van der Waals surface area contributed by atoms with E-state index in [0.29, 0.717) is 35.8 Å². The highest BCUT2D eigenvalue weighted by Gasteiger charge is 2.46. The average molecular weight is 470 g/mol. The van der Waals surface area contributed by atoms with Crippen molar-refractivity contribution in [2.45, 2.75) is 50.4 Å². The van der Waals surface area contributed by atoms with Crippen LogP contribution in [0.2, 0.25) is 0 Å². The summed E-state index contributed by atoms with van der Waals surface area (Å²) in [5.74, 6) is 1.30. The summed E-state index contributed by atoms with van der Waals surface area (Å²) in [5.41, 5.74) is 2.20. The second kappa shape index (κ2) is 10.8. The number of hydrogen-bond acceptors (Lipinski definition) is 6. The van der Waals surface area contributed by atoms with Crippen molar-refractivity contribution in [1.29, 1.82) is 0 Å². The monoisotopic (exact) mass is 469 g/mol. The van der Waals surface area contributed by atoms with Gasteiger partial charge < -0.3 is 35.3 Å². The van der Waals surface area contributed by atoms with Crippen LogP contribution in [0, 0.1) is 0 Å². The Morgan fingerprint density at radius 3 is 2.56 bits per heavy atom. The lowest BCUT2D eigenvalue weighted by Crippen LogP contribution is -2.47. The van der Waals surface area contributed by atoms with Gasteiger partial charge in [-0.1, -0.05) is 6.92 Å². The van der Waals surface area contributed by atoms with E-state index in [-0.39, 0.29) is 43.1 Å². The molecule has 0 unspecified atom stereocenters. The van der Waals surface area contributed by atoms with Gasteiger partial charge in [0.1, 0.15) is 23.7 Å². The summed E-state index contributed by atoms with van der Waals surface area (Å²) in [7, 11) is 1.59. The molecule has 4 atom stereocenters. The van der Waals surface area contributed by atoms with Crippen LogP contribution in [-0.2, 0) is 9.53 Å². The van der Waals surface area contributed by atoms with Gasteiger partial charge in [0.2, 0.25) is 5.91 Å². The Labute approximate surface area is 198 Å². The van der Waals surface area contributed by atoms with E-state index < -0.39 is 6.10 Å². The molecule has 1 fully saturated rings. The zero-order chi connectivity index (χ0) is 24.1. The van der Waals surface area contributed by atoms with Crippen LogP contribution in [0.3, 0.4) is 0 Å². The standard InChI is InChI=1S/C25H31N3O6/c1-3-10-26-23(30)13-18-12-20-19-11-16(6-9-21(19)34-24(20)22(14-29)33-18)28-25(31)27-15-4-7-17(32-2)8-5-15/h4-9,11,18,20,22,24,29H,3,10,12-14H2,1-2H3,(H,26,30)(H2,27,28,31)/t18-,20+,22-,24-/m1/s1. The highest BCUT2D eigenvalue weighted by atomic mass is 16.6. The van der Waals surface area contributed by atoms with Gasteiger partial charge in [-0.05, 0) is 55.3 Å². The first-order chi connectivity index (χ1) is 16.5. The van der Waals surface area contributed by atoms with E-state index in [0.717, 1.165) is 12.0 Å². The second-order valence-corrected chi connectivity index (χ2v) is 8.52. The summed E-state index contributed by atoms with van der Waals surface area (Å²) in [6.45, 7) is 2.43. The molecule has 0 saturated carbocycles. The molecule has 2 heterocycles. The van der Waals surface area contributed by atoms with Gasteiger partial charge in [-0.15, -0.1) is 0 Å². The number of anilines is 2. The highest BCUT2D eigenvalue weighted by Crippen LogP contribution is 2.47. The third-order valence-electron chi connectivity index (χ3n) is 6.09. The number of hydrogen-bond donors (Lipinski definition) is 4. The number of aliphatic hydroxyl groups is 1. The topological polar surface area (TPSA) is 118 Å². The van der Waals surface area contributed by atoms with Gasteiger partial charge in [-0.2, -0.15) is 0 Å². The van der Waals surface area contributed by atoms with Crippen LogP contribution < -0.4 is 25.4 Å². The number of amides is 3. The summed E-state index contributed by atoms with van der Waals surface area (Å²) < 4.78 is 17.2. The van der Waals surface area contributed by atoms with Crippen LogP contribution in [0.5, 0.6) is 11.5 Å². The van der Waals surface area contributed by atoms with Crippen molar-refractivity contribution in [2.75, 3.05) is 30.9 Å². The summed E-state index contributed by atoms with van der Waals surface area (Å²) in [6.07, 6.45) is 0.513. The van der Waals surface area contributed by atoms with Crippen molar-refractivity contribution in [3.05, 3.63) is 48.0 Å². The van der Waals surface area contributed by atoms with E-state index in [1.807, 2.05) is 19.1 Å². The maximum atomic E-state index is 12.5. The molecule has 0 bridgehead atoms.